The first-order valence-corrected chi connectivity index (χ1v) is 7.23. The molecule has 0 unspecified atom stereocenters. The fraction of sp³-hybridized carbons (Fsp3) is 0.846. The van der Waals surface area contributed by atoms with Crippen molar-refractivity contribution in [3.8, 4) is 0 Å². The predicted molar refractivity (Wildman–Crippen MR) is 80.0 cm³/mol. The van der Waals surface area contributed by atoms with Crippen LogP contribution < -0.4 is 27.0 Å². The Hall–Kier alpha value is -0.850. The van der Waals surface area contributed by atoms with Crippen LogP contribution in [0.4, 0.5) is 4.79 Å². The van der Waals surface area contributed by atoms with E-state index in [4.69, 9.17) is 5.73 Å². The number of nitrogens with one attached hydrogen (secondary N) is 4. The van der Waals surface area contributed by atoms with Gasteiger partial charge in [-0.3, -0.25) is 0 Å². The van der Waals surface area contributed by atoms with E-state index in [-0.39, 0.29) is 6.03 Å². The van der Waals surface area contributed by atoms with E-state index in [0.717, 1.165) is 45.6 Å². The molecule has 0 atom stereocenters. The number of carbonyl (C=O) groups excluding carboxylic acids is 1. The van der Waals surface area contributed by atoms with Crippen LogP contribution in [0.1, 0.15) is 25.7 Å². The fourth-order valence-electron chi connectivity index (χ4n) is 1.57. The van der Waals surface area contributed by atoms with E-state index < -0.39 is 0 Å². The van der Waals surface area contributed by atoms with Gasteiger partial charge in [0.05, 0.1) is 0 Å². The lowest BCUT2D eigenvalue weighted by atomic mass is 10.3. The molecule has 0 aliphatic carbocycles. The minimum Gasteiger partial charge on any atom is -0.338 e. The number of urea groups is 1. The molecule has 0 aromatic rings. The van der Waals surface area contributed by atoms with E-state index in [1.54, 1.807) is 0 Å². The van der Waals surface area contributed by atoms with Gasteiger partial charge in [-0.2, -0.15) is 0 Å². The molecule has 6 nitrogen and oxygen atoms in total. The van der Waals surface area contributed by atoms with Crippen LogP contribution in [0.25, 0.3) is 0 Å². The van der Waals surface area contributed by atoms with Crippen LogP contribution in [0.2, 0.25) is 0 Å². The summed E-state index contributed by atoms with van der Waals surface area (Å²) in [5, 5.41) is 12.1. The Morgan fingerprint density at radius 1 is 0.842 bits per heavy atom. The molecule has 0 aromatic heterocycles. The molecule has 0 aliphatic rings. The highest BCUT2D eigenvalue weighted by Gasteiger charge is 1.95. The van der Waals surface area contributed by atoms with Crippen molar-refractivity contribution in [2.45, 2.75) is 25.7 Å². The van der Waals surface area contributed by atoms with Crippen LogP contribution in [0.5, 0.6) is 0 Å². The molecule has 113 valence electrons. The Balaban J connectivity index is 3.01. The SMILES string of the molecule is [CH2]CNC(=O)NCCCNCCCCNCCCN. The number of nitrogens with two attached hydrogens (primary N) is 1. The van der Waals surface area contributed by atoms with Crippen LogP contribution in [-0.2, 0) is 0 Å². The molecule has 0 heterocycles. The van der Waals surface area contributed by atoms with Crippen LogP contribution in [0.3, 0.4) is 0 Å². The van der Waals surface area contributed by atoms with Gasteiger partial charge in [0.1, 0.15) is 0 Å². The van der Waals surface area contributed by atoms with Gasteiger partial charge in [-0.15, -0.1) is 0 Å². The Morgan fingerprint density at radius 2 is 1.42 bits per heavy atom. The smallest absolute Gasteiger partial charge is 0.314 e. The van der Waals surface area contributed by atoms with Gasteiger partial charge in [-0.1, -0.05) is 0 Å². The quantitative estimate of drug-likeness (QED) is 0.301. The van der Waals surface area contributed by atoms with Crippen LogP contribution >= 0.6 is 0 Å². The number of rotatable bonds is 13. The van der Waals surface area contributed by atoms with Crippen LogP contribution in [0.15, 0.2) is 0 Å². The maximum Gasteiger partial charge on any atom is 0.314 e. The van der Waals surface area contributed by atoms with Crippen molar-refractivity contribution in [2.75, 3.05) is 45.8 Å². The fourth-order valence-corrected chi connectivity index (χ4v) is 1.57. The highest BCUT2D eigenvalue weighted by Crippen LogP contribution is 1.85. The lowest BCUT2D eigenvalue weighted by molar-refractivity contribution is 0.241. The molecule has 0 saturated heterocycles. The zero-order chi connectivity index (χ0) is 14.2. The largest absolute Gasteiger partial charge is 0.338 e. The van der Waals surface area contributed by atoms with Crippen LogP contribution in [0, 0.1) is 6.92 Å². The number of amides is 2. The van der Waals surface area contributed by atoms with Gasteiger partial charge >= 0.3 is 6.03 Å². The third-order valence-corrected chi connectivity index (χ3v) is 2.62. The van der Waals surface area contributed by atoms with Gasteiger partial charge in [-0.25, -0.2) is 4.79 Å². The van der Waals surface area contributed by atoms with E-state index in [2.05, 4.69) is 28.2 Å². The Labute approximate surface area is 117 Å². The van der Waals surface area contributed by atoms with Gasteiger partial charge in [0.25, 0.3) is 0 Å². The van der Waals surface area contributed by atoms with Gasteiger partial charge in [0, 0.05) is 13.1 Å². The predicted octanol–water partition coefficient (Wildman–Crippen LogP) is -0.182. The molecular weight excluding hydrogens is 242 g/mol. The maximum absolute atomic E-state index is 11.0. The van der Waals surface area contributed by atoms with Crippen molar-refractivity contribution in [1.29, 1.82) is 0 Å². The van der Waals surface area contributed by atoms with Crippen molar-refractivity contribution in [3.63, 3.8) is 0 Å². The molecule has 6 N–H and O–H groups in total. The molecule has 1 radical (unpaired) electrons. The lowest BCUT2D eigenvalue weighted by Gasteiger charge is -2.07. The third-order valence-electron chi connectivity index (χ3n) is 2.62. The highest BCUT2D eigenvalue weighted by atomic mass is 16.2. The summed E-state index contributed by atoms with van der Waals surface area (Å²) < 4.78 is 0. The molecule has 0 saturated carbocycles. The second-order valence-corrected chi connectivity index (χ2v) is 4.39. The molecule has 6 heteroatoms. The van der Waals surface area contributed by atoms with Crippen molar-refractivity contribution in [1.82, 2.24) is 21.3 Å². The monoisotopic (exact) mass is 272 g/mol. The standard InChI is InChI=1S/C13H30N5O/c1-2-17-13(19)18-12-6-11-16-9-4-3-8-15-10-5-7-14/h15-16H,1-12,14H2,(H2,17,18,19). The minimum atomic E-state index is -0.140. The van der Waals surface area contributed by atoms with Crippen molar-refractivity contribution >= 4 is 6.03 Å². The van der Waals surface area contributed by atoms with Crippen molar-refractivity contribution in [2.24, 2.45) is 5.73 Å². The normalized spacial score (nSPS) is 10.4. The zero-order valence-electron chi connectivity index (χ0n) is 12.0. The third kappa shape index (κ3) is 15.1. The van der Waals surface area contributed by atoms with Gasteiger partial charge in [0.15, 0.2) is 0 Å². The highest BCUT2D eigenvalue weighted by molar-refractivity contribution is 5.73. The summed E-state index contributed by atoms with van der Waals surface area (Å²) >= 11 is 0. The number of carbonyl (C=O) groups is 1. The molecule has 0 fully saturated rings. The van der Waals surface area contributed by atoms with E-state index in [1.807, 2.05) is 0 Å². The average molecular weight is 272 g/mol. The van der Waals surface area contributed by atoms with E-state index >= 15 is 0 Å². The van der Waals surface area contributed by atoms with E-state index in [9.17, 15) is 4.79 Å². The summed E-state index contributed by atoms with van der Waals surface area (Å²) in [6.45, 7) is 9.46. The van der Waals surface area contributed by atoms with Crippen molar-refractivity contribution in [3.05, 3.63) is 6.92 Å². The molecular formula is C13H30N5O. The average Bonchev–Trinajstić information content (AvgIpc) is 2.40. The first kappa shape index (κ1) is 18.1. The Kier molecular flexibility index (Phi) is 14.5. The summed E-state index contributed by atoms with van der Waals surface area (Å²) in [5.74, 6) is 0. The minimum absolute atomic E-state index is 0.140. The number of hydrogen-bond donors (Lipinski definition) is 5. The first-order chi connectivity index (χ1) is 9.31. The second kappa shape index (κ2) is 15.2. The Bertz CT molecular complexity index is 201. The maximum atomic E-state index is 11.0. The first-order valence-electron chi connectivity index (χ1n) is 7.23. The topological polar surface area (TPSA) is 91.2 Å². The van der Waals surface area contributed by atoms with Crippen LogP contribution in [-0.4, -0.2) is 51.8 Å². The molecule has 0 aliphatic heterocycles. The Morgan fingerprint density at radius 3 is 2.00 bits per heavy atom. The lowest BCUT2D eigenvalue weighted by Crippen LogP contribution is -2.36. The molecule has 0 spiro atoms. The summed E-state index contributed by atoms with van der Waals surface area (Å²) in [4.78, 5) is 11.0. The van der Waals surface area contributed by atoms with Gasteiger partial charge in [0.2, 0.25) is 0 Å². The molecule has 2 amide bonds. The zero-order valence-corrected chi connectivity index (χ0v) is 12.0. The molecule has 0 rings (SSSR count). The molecule has 19 heavy (non-hydrogen) atoms. The van der Waals surface area contributed by atoms with Gasteiger partial charge < -0.3 is 27.0 Å². The summed E-state index contributed by atoms with van der Waals surface area (Å²) in [7, 11) is 0. The molecule has 0 bridgehead atoms. The number of hydrogen-bond acceptors (Lipinski definition) is 4. The van der Waals surface area contributed by atoms with E-state index in [1.165, 1.54) is 12.8 Å². The second-order valence-electron chi connectivity index (χ2n) is 4.39. The molecule has 0 aromatic carbocycles. The van der Waals surface area contributed by atoms with Gasteiger partial charge in [-0.05, 0) is 65.3 Å². The summed E-state index contributed by atoms with van der Waals surface area (Å²) in [6.07, 6.45) is 4.35. The summed E-state index contributed by atoms with van der Waals surface area (Å²) in [5.41, 5.74) is 5.40. The van der Waals surface area contributed by atoms with Crippen molar-refractivity contribution < 1.29 is 4.79 Å². The summed E-state index contributed by atoms with van der Waals surface area (Å²) in [6, 6.07) is -0.140. The van der Waals surface area contributed by atoms with E-state index in [0.29, 0.717) is 13.1 Å². The number of unbranched alkanes of at least 4 members (excludes halogenated alkanes) is 1.